The maximum Gasteiger partial charge on any atom is 0.266 e. The van der Waals surface area contributed by atoms with Gasteiger partial charge < -0.3 is 14.2 Å². The van der Waals surface area contributed by atoms with E-state index in [4.69, 9.17) is 14.2 Å². The molecule has 3 aromatic heterocycles. The number of carbonyl (C=O) groups is 2. The molecular formula is C33H27F2N3O6. The number of carbonyl (C=O) groups excluding carboxylic acids is 2. The third-order valence-corrected chi connectivity index (χ3v) is 7.15. The van der Waals surface area contributed by atoms with Crippen LogP contribution in [0.25, 0.3) is 16.7 Å². The van der Waals surface area contributed by atoms with E-state index < -0.39 is 23.0 Å². The van der Waals surface area contributed by atoms with Crippen LogP contribution < -0.4 is 19.8 Å². The van der Waals surface area contributed by atoms with E-state index in [1.54, 1.807) is 13.0 Å². The number of hydrogen-bond acceptors (Lipinski definition) is 8. The molecule has 0 aliphatic heterocycles. The van der Waals surface area contributed by atoms with Gasteiger partial charge in [-0.05, 0) is 67.8 Å². The number of benzene rings is 2. The highest BCUT2D eigenvalue weighted by atomic mass is 19.1. The number of halogens is 2. The highest BCUT2D eigenvalue weighted by Gasteiger charge is 2.23. The van der Waals surface area contributed by atoms with Crippen molar-refractivity contribution in [3.63, 3.8) is 0 Å². The molecule has 0 fully saturated rings. The van der Waals surface area contributed by atoms with Crippen LogP contribution in [0.4, 0.5) is 8.78 Å². The minimum absolute atomic E-state index is 0.130. The average molecular weight is 600 g/mol. The summed E-state index contributed by atoms with van der Waals surface area (Å²) >= 11 is 0. The van der Waals surface area contributed by atoms with Gasteiger partial charge in [-0.15, -0.1) is 0 Å². The van der Waals surface area contributed by atoms with Gasteiger partial charge >= 0.3 is 0 Å². The Morgan fingerprint density at radius 2 is 1.70 bits per heavy atom. The summed E-state index contributed by atoms with van der Waals surface area (Å²) in [6.45, 7) is 4.46. The van der Waals surface area contributed by atoms with Crippen LogP contribution in [0.1, 0.15) is 44.3 Å². The number of Topliss-reactive ketones (excluding diaryl/α,β-unsaturated/α-hetero) is 2. The molecule has 5 rings (SSSR count). The molecule has 9 nitrogen and oxygen atoms in total. The summed E-state index contributed by atoms with van der Waals surface area (Å²) in [7, 11) is 2.90. The number of ketones is 2. The number of pyridine rings is 3. The Morgan fingerprint density at radius 1 is 0.932 bits per heavy atom. The number of methoxy groups -OCH3 is 2. The summed E-state index contributed by atoms with van der Waals surface area (Å²) < 4.78 is 46.5. The van der Waals surface area contributed by atoms with Gasteiger partial charge in [0.2, 0.25) is 0 Å². The number of hydrogen-bond donors (Lipinski definition) is 0. The van der Waals surface area contributed by atoms with Crippen LogP contribution in [0, 0.1) is 25.5 Å². The largest absolute Gasteiger partial charge is 0.491 e. The van der Waals surface area contributed by atoms with E-state index in [1.807, 2.05) is 0 Å². The highest BCUT2D eigenvalue weighted by Crippen LogP contribution is 2.34. The zero-order valence-corrected chi connectivity index (χ0v) is 24.5. The molecule has 0 amide bonds. The van der Waals surface area contributed by atoms with Crippen molar-refractivity contribution in [2.45, 2.75) is 27.2 Å². The van der Waals surface area contributed by atoms with E-state index in [0.29, 0.717) is 28.0 Å². The smallest absolute Gasteiger partial charge is 0.266 e. The fraction of sp³-hybridized carbons (Fsp3) is 0.182. The fourth-order valence-electron chi connectivity index (χ4n) is 4.97. The molecule has 5 aromatic rings. The third-order valence-electron chi connectivity index (χ3n) is 7.15. The molecule has 0 N–H and O–H groups in total. The van der Waals surface area contributed by atoms with Gasteiger partial charge in [-0.3, -0.25) is 23.9 Å². The van der Waals surface area contributed by atoms with Gasteiger partial charge in [0.15, 0.2) is 34.6 Å². The molecule has 0 unspecified atom stereocenters. The lowest BCUT2D eigenvalue weighted by molar-refractivity contribution is 0.0990. The molecular weight excluding hydrogens is 572 g/mol. The Balaban J connectivity index is 1.47. The summed E-state index contributed by atoms with van der Waals surface area (Å²) in [6, 6.07) is 11.0. The zero-order chi connectivity index (χ0) is 31.7. The Labute approximate surface area is 250 Å². The zero-order valence-electron chi connectivity index (χ0n) is 24.5. The van der Waals surface area contributed by atoms with E-state index in [0.717, 1.165) is 6.07 Å². The van der Waals surface area contributed by atoms with Crippen molar-refractivity contribution in [3.8, 4) is 28.8 Å². The molecule has 0 aliphatic carbocycles. The van der Waals surface area contributed by atoms with Crippen LogP contribution in [0.5, 0.6) is 23.1 Å². The molecule has 0 saturated heterocycles. The summed E-state index contributed by atoms with van der Waals surface area (Å²) in [5, 5.41) is 0. The third kappa shape index (κ3) is 5.63. The first-order chi connectivity index (χ1) is 21.0. The number of ether oxygens (including phenoxy) is 3. The number of aromatic nitrogens is 3. The second kappa shape index (κ2) is 12.0. The Morgan fingerprint density at radius 3 is 2.36 bits per heavy atom. The first-order valence-electron chi connectivity index (χ1n) is 13.4. The van der Waals surface area contributed by atoms with E-state index in [1.165, 1.54) is 81.4 Å². The number of rotatable bonds is 9. The van der Waals surface area contributed by atoms with Gasteiger partial charge in [-0.2, -0.15) is 0 Å². The molecule has 0 bridgehead atoms. The van der Waals surface area contributed by atoms with Crippen LogP contribution in [0.15, 0.2) is 65.7 Å². The van der Waals surface area contributed by atoms with Crippen molar-refractivity contribution in [2.75, 3.05) is 14.2 Å². The first-order valence-corrected chi connectivity index (χ1v) is 13.4. The average Bonchev–Trinajstić information content (AvgIpc) is 2.98. The predicted octanol–water partition coefficient (Wildman–Crippen LogP) is 6.11. The first kappa shape index (κ1) is 30.0. The van der Waals surface area contributed by atoms with Crippen molar-refractivity contribution in [3.05, 3.63) is 111 Å². The molecule has 11 heteroatoms. The molecule has 3 heterocycles. The van der Waals surface area contributed by atoms with Crippen LogP contribution in [-0.4, -0.2) is 40.3 Å². The lowest BCUT2D eigenvalue weighted by Gasteiger charge is -2.16. The standard InChI is InChI=1S/C33H27F2N3O6/c1-17-12-21(34)7-8-25(17)38-16-22(19(3)39)18(2)30(33(38)41)26(40)14-20-6-9-27(23(35)13-20)44-28-10-11-36-24-15-29(42-4)32(43-5)37-31(24)28/h6-13,15-16H,14H2,1-5H3. The van der Waals surface area contributed by atoms with Crippen molar-refractivity contribution < 1.29 is 32.6 Å². The Hall–Kier alpha value is -5.45. The van der Waals surface area contributed by atoms with Crippen LogP contribution >= 0.6 is 0 Å². The second-order valence-corrected chi connectivity index (χ2v) is 10.0. The van der Waals surface area contributed by atoms with E-state index in [-0.39, 0.29) is 51.8 Å². The molecule has 0 aliphatic rings. The number of nitrogens with zero attached hydrogens (tertiary/aromatic N) is 3. The molecule has 0 spiro atoms. The molecule has 44 heavy (non-hydrogen) atoms. The summed E-state index contributed by atoms with van der Waals surface area (Å²) in [6.07, 6.45) is 2.51. The summed E-state index contributed by atoms with van der Waals surface area (Å²) in [5.74, 6) is -1.56. The van der Waals surface area contributed by atoms with Crippen molar-refractivity contribution >= 4 is 22.6 Å². The molecule has 0 atom stereocenters. The lowest BCUT2D eigenvalue weighted by Crippen LogP contribution is -2.29. The van der Waals surface area contributed by atoms with Gasteiger partial charge in [0.1, 0.15) is 11.3 Å². The highest BCUT2D eigenvalue weighted by molar-refractivity contribution is 6.03. The number of aryl methyl sites for hydroxylation is 1. The second-order valence-electron chi connectivity index (χ2n) is 10.0. The topological polar surface area (TPSA) is 110 Å². The Kier molecular flexibility index (Phi) is 8.21. The molecule has 0 saturated carbocycles. The van der Waals surface area contributed by atoms with Crippen LogP contribution in [0.3, 0.4) is 0 Å². The fourth-order valence-corrected chi connectivity index (χ4v) is 4.97. The van der Waals surface area contributed by atoms with Crippen LogP contribution in [-0.2, 0) is 6.42 Å². The summed E-state index contributed by atoms with van der Waals surface area (Å²) in [4.78, 5) is 48.2. The van der Waals surface area contributed by atoms with Crippen molar-refractivity contribution in [1.29, 1.82) is 0 Å². The van der Waals surface area contributed by atoms with E-state index in [2.05, 4.69) is 9.97 Å². The van der Waals surface area contributed by atoms with Gasteiger partial charge in [-0.25, -0.2) is 13.8 Å². The van der Waals surface area contributed by atoms with Gasteiger partial charge in [0.05, 0.1) is 31.0 Å². The predicted molar refractivity (Wildman–Crippen MR) is 159 cm³/mol. The van der Waals surface area contributed by atoms with Gasteiger partial charge in [0, 0.05) is 36.5 Å². The molecule has 0 radical (unpaired) electrons. The minimum Gasteiger partial charge on any atom is -0.491 e. The quantitative estimate of drug-likeness (QED) is 0.187. The van der Waals surface area contributed by atoms with Gasteiger partial charge in [0.25, 0.3) is 11.4 Å². The van der Waals surface area contributed by atoms with E-state index >= 15 is 4.39 Å². The Bertz CT molecular complexity index is 2020. The van der Waals surface area contributed by atoms with Gasteiger partial charge in [-0.1, -0.05) is 6.07 Å². The SMILES string of the molecule is COc1cc2nccc(Oc3ccc(CC(=O)c4c(C)c(C(C)=O)cn(-c5ccc(F)cc5C)c4=O)cc3F)c2nc1OC. The molecule has 2 aromatic carbocycles. The normalized spacial score (nSPS) is 11.0. The van der Waals surface area contributed by atoms with Crippen molar-refractivity contribution in [2.24, 2.45) is 0 Å². The van der Waals surface area contributed by atoms with Crippen LogP contribution in [0.2, 0.25) is 0 Å². The lowest BCUT2D eigenvalue weighted by atomic mass is 9.96. The minimum atomic E-state index is -0.755. The molecule has 224 valence electrons. The van der Waals surface area contributed by atoms with Crippen molar-refractivity contribution in [1.82, 2.24) is 14.5 Å². The maximum absolute atomic E-state index is 15.3. The maximum atomic E-state index is 15.3. The monoisotopic (exact) mass is 599 g/mol. The van der Waals surface area contributed by atoms with E-state index in [9.17, 15) is 18.8 Å². The summed E-state index contributed by atoms with van der Waals surface area (Å²) in [5.41, 5.74) is 1.31. The number of fused-ring (bicyclic) bond motifs is 1.